The van der Waals surface area contributed by atoms with Crippen molar-refractivity contribution in [2.45, 2.75) is 0 Å². The quantitative estimate of drug-likeness (QED) is 0.814. The molecular formula is C11H10ClN3O2. The lowest BCUT2D eigenvalue weighted by Gasteiger charge is -2.21. The number of H-pyrrole nitrogens is 1. The van der Waals surface area contributed by atoms with E-state index in [1.807, 2.05) is 0 Å². The van der Waals surface area contributed by atoms with Gasteiger partial charge in [0.05, 0.1) is 16.3 Å². The van der Waals surface area contributed by atoms with E-state index in [9.17, 15) is 0 Å². The number of nitrogens with zero attached hydrogens (tertiary/aromatic N) is 1. The second kappa shape index (κ2) is 3.85. The number of aromatic amines is 1. The molecule has 1 aromatic carbocycles. The van der Waals surface area contributed by atoms with Crippen LogP contribution in [-0.2, 0) is 0 Å². The molecule has 0 fully saturated rings. The zero-order chi connectivity index (χ0) is 11.8. The number of nitrogens with two attached hydrogens (primary N) is 1. The Balaban J connectivity index is 2.20. The van der Waals surface area contributed by atoms with Crippen molar-refractivity contribution in [3.63, 3.8) is 0 Å². The first-order chi connectivity index (χ1) is 8.25. The minimum atomic E-state index is 0.408. The molecule has 0 aliphatic carbocycles. The first-order valence-corrected chi connectivity index (χ1v) is 5.53. The van der Waals surface area contributed by atoms with Gasteiger partial charge in [0.25, 0.3) is 0 Å². The standard InChI is InChI=1S/C11H10ClN3O2/c12-6-1-2-8-11(17-4-3-16-8)10(6)7-5-9(13)15-14-7/h1-2,5H,3-4H2,(H3,13,14,15). The van der Waals surface area contributed by atoms with Gasteiger partial charge in [-0.3, -0.25) is 5.10 Å². The predicted octanol–water partition coefficient (Wildman–Crippen LogP) is 2.08. The lowest BCUT2D eigenvalue weighted by molar-refractivity contribution is 0.172. The average Bonchev–Trinajstić information content (AvgIpc) is 2.75. The molecule has 0 bridgehead atoms. The fraction of sp³-hybridized carbons (Fsp3) is 0.182. The third-order valence-electron chi connectivity index (χ3n) is 2.53. The number of hydrogen-bond acceptors (Lipinski definition) is 4. The molecule has 0 radical (unpaired) electrons. The third-order valence-corrected chi connectivity index (χ3v) is 2.84. The van der Waals surface area contributed by atoms with Crippen LogP contribution >= 0.6 is 11.6 Å². The summed E-state index contributed by atoms with van der Waals surface area (Å²) in [7, 11) is 0. The van der Waals surface area contributed by atoms with Gasteiger partial charge in [0.15, 0.2) is 11.5 Å². The van der Waals surface area contributed by atoms with Crippen LogP contribution in [0.25, 0.3) is 11.3 Å². The maximum atomic E-state index is 6.18. The van der Waals surface area contributed by atoms with Gasteiger partial charge in [-0.25, -0.2) is 0 Å². The monoisotopic (exact) mass is 251 g/mol. The average molecular weight is 252 g/mol. The van der Waals surface area contributed by atoms with Crippen LogP contribution in [0, 0.1) is 0 Å². The topological polar surface area (TPSA) is 73.2 Å². The van der Waals surface area contributed by atoms with E-state index >= 15 is 0 Å². The van der Waals surface area contributed by atoms with E-state index in [0.29, 0.717) is 35.6 Å². The van der Waals surface area contributed by atoms with Crippen LogP contribution in [-0.4, -0.2) is 23.4 Å². The Bertz CT molecular complexity index is 568. The zero-order valence-corrected chi connectivity index (χ0v) is 9.62. The van der Waals surface area contributed by atoms with E-state index in [2.05, 4.69) is 10.2 Å². The molecule has 3 N–H and O–H groups in total. The molecular weight excluding hydrogens is 242 g/mol. The fourth-order valence-corrected chi connectivity index (χ4v) is 2.06. The van der Waals surface area contributed by atoms with Crippen molar-refractivity contribution in [3.05, 3.63) is 23.2 Å². The Kier molecular flexibility index (Phi) is 2.33. The molecule has 5 nitrogen and oxygen atoms in total. The van der Waals surface area contributed by atoms with Crippen LogP contribution in [0.4, 0.5) is 5.82 Å². The maximum absolute atomic E-state index is 6.18. The highest BCUT2D eigenvalue weighted by Crippen LogP contribution is 2.43. The Morgan fingerprint density at radius 3 is 2.88 bits per heavy atom. The summed E-state index contributed by atoms with van der Waals surface area (Å²) in [5.41, 5.74) is 7.03. The number of aromatic nitrogens is 2. The first kappa shape index (κ1) is 10.3. The molecule has 6 heteroatoms. The minimum absolute atomic E-state index is 0.408. The van der Waals surface area contributed by atoms with Gasteiger partial charge in [0.2, 0.25) is 0 Å². The second-order valence-electron chi connectivity index (χ2n) is 3.65. The van der Waals surface area contributed by atoms with Crippen LogP contribution in [0.2, 0.25) is 5.02 Å². The summed E-state index contributed by atoms with van der Waals surface area (Å²) >= 11 is 6.18. The smallest absolute Gasteiger partial charge is 0.172 e. The molecule has 1 aromatic heterocycles. The summed E-state index contributed by atoms with van der Waals surface area (Å²) in [5, 5.41) is 7.27. The lowest BCUT2D eigenvalue weighted by Crippen LogP contribution is -2.16. The number of anilines is 1. The highest BCUT2D eigenvalue weighted by atomic mass is 35.5. The number of hydrogen-bond donors (Lipinski definition) is 2. The van der Waals surface area contributed by atoms with Gasteiger partial charge in [-0.2, -0.15) is 5.10 Å². The van der Waals surface area contributed by atoms with Gasteiger partial charge in [-0.15, -0.1) is 0 Å². The van der Waals surface area contributed by atoms with Crippen molar-refractivity contribution in [2.24, 2.45) is 0 Å². The molecule has 0 amide bonds. The summed E-state index contributed by atoms with van der Waals surface area (Å²) in [6, 6.07) is 5.26. The number of rotatable bonds is 1. The summed E-state index contributed by atoms with van der Waals surface area (Å²) in [6.07, 6.45) is 0. The van der Waals surface area contributed by atoms with Crippen LogP contribution in [0.15, 0.2) is 18.2 Å². The maximum Gasteiger partial charge on any atom is 0.172 e. The van der Waals surface area contributed by atoms with E-state index in [4.69, 9.17) is 26.8 Å². The highest BCUT2D eigenvalue weighted by molar-refractivity contribution is 6.33. The molecule has 3 rings (SSSR count). The number of nitrogens with one attached hydrogen (secondary N) is 1. The number of nitrogen functional groups attached to an aromatic ring is 1. The van der Waals surface area contributed by atoms with Gasteiger partial charge in [0.1, 0.15) is 19.0 Å². The van der Waals surface area contributed by atoms with Crippen molar-refractivity contribution in [1.82, 2.24) is 10.2 Å². The number of halogens is 1. The normalized spacial score (nSPS) is 13.7. The van der Waals surface area contributed by atoms with Gasteiger partial charge >= 0.3 is 0 Å². The predicted molar refractivity (Wildman–Crippen MR) is 64.4 cm³/mol. The number of fused-ring (bicyclic) bond motifs is 1. The Labute approximate surface area is 102 Å². The zero-order valence-electron chi connectivity index (χ0n) is 8.87. The molecule has 0 unspecified atom stereocenters. The van der Waals surface area contributed by atoms with Crippen LogP contribution in [0.5, 0.6) is 11.5 Å². The largest absolute Gasteiger partial charge is 0.486 e. The summed E-state index contributed by atoms with van der Waals surface area (Å²) in [5.74, 6) is 1.72. The second-order valence-corrected chi connectivity index (χ2v) is 4.06. The Morgan fingerprint density at radius 2 is 2.12 bits per heavy atom. The van der Waals surface area contributed by atoms with E-state index < -0.39 is 0 Å². The van der Waals surface area contributed by atoms with Crippen molar-refractivity contribution < 1.29 is 9.47 Å². The Morgan fingerprint density at radius 1 is 1.29 bits per heavy atom. The van der Waals surface area contributed by atoms with Gasteiger partial charge in [-0.1, -0.05) is 11.6 Å². The molecule has 1 aliphatic heterocycles. The molecule has 0 spiro atoms. The minimum Gasteiger partial charge on any atom is -0.486 e. The molecule has 1 aliphatic rings. The number of ether oxygens (including phenoxy) is 2. The van der Waals surface area contributed by atoms with Gasteiger partial charge < -0.3 is 15.2 Å². The molecule has 2 aromatic rings. The van der Waals surface area contributed by atoms with Gasteiger partial charge in [-0.05, 0) is 12.1 Å². The summed E-state index contributed by atoms with van der Waals surface area (Å²) in [4.78, 5) is 0. The van der Waals surface area contributed by atoms with Crippen LogP contribution in [0.1, 0.15) is 0 Å². The third kappa shape index (κ3) is 1.68. The molecule has 17 heavy (non-hydrogen) atoms. The van der Waals surface area contributed by atoms with Crippen molar-refractivity contribution in [1.29, 1.82) is 0 Å². The SMILES string of the molecule is Nc1cc(-c2c(Cl)ccc3c2OCCO3)[nH]n1. The lowest BCUT2D eigenvalue weighted by atomic mass is 10.1. The molecule has 0 atom stereocenters. The molecule has 2 heterocycles. The fourth-order valence-electron chi connectivity index (χ4n) is 1.81. The van der Waals surface area contributed by atoms with E-state index in [0.717, 1.165) is 11.3 Å². The highest BCUT2D eigenvalue weighted by Gasteiger charge is 2.21. The van der Waals surface area contributed by atoms with Gasteiger partial charge in [0, 0.05) is 6.07 Å². The number of benzene rings is 1. The Hall–Kier alpha value is -1.88. The van der Waals surface area contributed by atoms with Crippen molar-refractivity contribution >= 4 is 17.4 Å². The van der Waals surface area contributed by atoms with Crippen LogP contribution in [0.3, 0.4) is 0 Å². The molecule has 88 valence electrons. The van der Waals surface area contributed by atoms with E-state index in [1.54, 1.807) is 18.2 Å². The summed E-state index contributed by atoms with van der Waals surface area (Å²) < 4.78 is 11.1. The molecule has 0 saturated heterocycles. The van der Waals surface area contributed by atoms with Crippen molar-refractivity contribution in [3.8, 4) is 22.8 Å². The van der Waals surface area contributed by atoms with Crippen LogP contribution < -0.4 is 15.2 Å². The van der Waals surface area contributed by atoms with E-state index in [1.165, 1.54) is 0 Å². The van der Waals surface area contributed by atoms with Crippen molar-refractivity contribution in [2.75, 3.05) is 18.9 Å². The first-order valence-electron chi connectivity index (χ1n) is 5.15. The molecule has 0 saturated carbocycles. The summed E-state index contributed by atoms with van der Waals surface area (Å²) in [6.45, 7) is 1.04. The van der Waals surface area contributed by atoms with E-state index in [-0.39, 0.29) is 0 Å².